The highest BCUT2D eigenvalue weighted by atomic mass is 35.5. The van der Waals surface area contributed by atoms with E-state index in [9.17, 15) is 8.42 Å². The Balaban J connectivity index is 0.00000324. The summed E-state index contributed by atoms with van der Waals surface area (Å²) in [7, 11) is -1.83. The summed E-state index contributed by atoms with van der Waals surface area (Å²) in [5.74, 6) is 0. The second kappa shape index (κ2) is 9.52. The summed E-state index contributed by atoms with van der Waals surface area (Å²) in [5.41, 5.74) is 0. The largest absolute Gasteiger partial charge is 0.383 e. The lowest BCUT2D eigenvalue weighted by atomic mass is 10.4. The van der Waals surface area contributed by atoms with Gasteiger partial charge in [0.2, 0.25) is 10.0 Å². The smallest absolute Gasteiger partial charge is 0.240 e. The average Bonchev–Trinajstić information content (AvgIpc) is 2.34. The van der Waals surface area contributed by atoms with Crippen molar-refractivity contribution in [1.82, 2.24) is 10.0 Å². The lowest BCUT2D eigenvalue weighted by molar-refractivity contribution is 0.199. The summed E-state index contributed by atoms with van der Waals surface area (Å²) < 4.78 is 31.0. The third-order valence-electron chi connectivity index (χ3n) is 2.20. The van der Waals surface area contributed by atoms with Gasteiger partial charge in [-0.15, -0.1) is 12.4 Å². The van der Waals surface area contributed by atoms with Crippen LogP contribution in [0.15, 0.2) is 29.2 Å². The Morgan fingerprint density at radius 3 is 2.37 bits per heavy atom. The van der Waals surface area contributed by atoms with Crippen molar-refractivity contribution in [2.75, 3.05) is 33.4 Å². The number of halogens is 2. The van der Waals surface area contributed by atoms with Crippen LogP contribution < -0.4 is 10.0 Å². The molecular weight excluding hydrogens is 311 g/mol. The number of benzene rings is 1. The Hall–Kier alpha value is -0.370. The van der Waals surface area contributed by atoms with Gasteiger partial charge >= 0.3 is 0 Å². The molecule has 0 radical (unpaired) electrons. The number of nitrogens with one attached hydrogen (secondary N) is 2. The van der Waals surface area contributed by atoms with E-state index in [4.69, 9.17) is 16.3 Å². The first kappa shape index (κ1) is 18.6. The van der Waals surface area contributed by atoms with Gasteiger partial charge in [0.15, 0.2) is 0 Å². The molecule has 0 atom stereocenters. The molecule has 0 saturated heterocycles. The van der Waals surface area contributed by atoms with Crippen molar-refractivity contribution in [3.8, 4) is 0 Å². The molecule has 0 heterocycles. The van der Waals surface area contributed by atoms with Crippen LogP contribution in [0.2, 0.25) is 5.02 Å². The van der Waals surface area contributed by atoms with Gasteiger partial charge < -0.3 is 10.1 Å². The zero-order valence-corrected chi connectivity index (χ0v) is 12.9. The zero-order chi connectivity index (χ0) is 13.4. The van der Waals surface area contributed by atoms with E-state index in [0.717, 1.165) is 0 Å². The highest BCUT2D eigenvalue weighted by Gasteiger charge is 2.12. The minimum absolute atomic E-state index is 0. The number of methoxy groups -OCH3 is 1. The lowest BCUT2D eigenvalue weighted by Crippen LogP contribution is -2.33. The number of hydrogen-bond acceptors (Lipinski definition) is 4. The first-order valence-electron chi connectivity index (χ1n) is 5.51. The van der Waals surface area contributed by atoms with E-state index in [1.54, 1.807) is 19.2 Å². The van der Waals surface area contributed by atoms with Crippen LogP contribution in [0.1, 0.15) is 0 Å². The number of hydrogen-bond donors (Lipinski definition) is 2. The van der Waals surface area contributed by atoms with Gasteiger partial charge in [0.1, 0.15) is 0 Å². The topological polar surface area (TPSA) is 67.4 Å². The third-order valence-corrected chi connectivity index (χ3v) is 3.93. The number of rotatable bonds is 8. The fraction of sp³-hybridized carbons (Fsp3) is 0.455. The van der Waals surface area contributed by atoms with Crippen molar-refractivity contribution in [3.05, 3.63) is 29.3 Å². The van der Waals surface area contributed by atoms with Crippen LogP contribution in [0.3, 0.4) is 0 Å². The predicted octanol–water partition coefficient (Wildman–Crippen LogP) is 1.28. The predicted molar refractivity (Wildman–Crippen MR) is 78.6 cm³/mol. The van der Waals surface area contributed by atoms with E-state index in [1.807, 2.05) is 0 Å². The van der Waals surface area contributed by atoms with E-state index < -0.39 is 10.0 Å². The zero-order valence-electron chi connectivity index (χ0n) is 10.6. The van der Waals surface area contributed by atoms with Crippen LogP contribution in [0.5, 0.6) is 0 Å². The molecule has 0 aliphatic carbocycles. The Labute approximate surface area is 125 Å². The molecule has 0 fully saturated rings. The highest BCUT2D eigenvalue weighted by Crippen LogP contribution is 2.13. The molecule has 0 saturated carbocycles. The molecule has 8 heteroatoms. The van der Waals surface area contributed by atoms with E-state index in [0.29, 0.717) is 31.3 Å². The molecule has 0 spiro atoms. The van der Waals surface area contributed by atoms with Crippen LogP contribution >= 0.6 is 24.0 Å². The average molecular weight is 329 g/mol. The van der Waals surface area contributed by atoms with E-state index in [1.165, 1.54) is 12.1 Å². The van der Waals surface area contributed by atoms with E-state index >= 15 is 0 Å². The summed E-state index contributed by atoms with van der Waals surface area (Å²) in [6.07, 6.45) is 0. The van der Waals surface area contributed by atoms with Crippen molar-refractivity contribution >= 4 is 34.0 Å². The summed E-state index contributed by atoms with van der Waals surface area (Å²) in [6, 6.07) is 6.05. The Bertz CT molecular complexity index is 452. The standard InChI is InChI=1S/C11H17ClN2O3S.ClH/c1-17-9-8-13-6-7-14-18(15,16)11-4-2-10(12)3-5-11;/h2-5,13-14H,6-9H2,1H3;1H. The maximum absolute atomic E-state index is 11.8. The van der Waals surface area contributed by atoms with Gasteiger partial charge in [0.05, 0.1) is 11.5 Å². The molecule has 5 nitrogen and oxygen atoms in total. The highest BCUT2D eigenvalue weighted by molar-refractivity contribution is 7.89. The Morgan fingerprint density at radius 2 is 1.79 bits per heavy atom. The molecule has 1 aromatic rings. The van der Waals surface area contributed by atoms with Crippen LogP contribution in [-0.4, -0.2) is 41.8 Å². The maximum atomic E-state index is 11.8. The molecule has 0 amide bonds. The van der Waals surface area contributed by atoms with Crippen LogP contribution in [-0.2, 0) is 14.8 Å². The van der Waals surface area contributed by atoms with Gasteiger partial charge in [-0.3, -0.25) is 0 Å². The van der Waals surface area contributed by atoms with Crippen LogP contribution in [0.4, 0.5) is 0 Å². The van der Waals surface area contributed by atoms with E-state index in [-0.39, 0.29) is 17.3 Å². The molecule has 19 heavy (non-hydrogen) atoms. The SMILES string of the molecule is COCCNCCNS(=O)(=O)c1ccc(Cl)cc1.Cl. The number of sulfonamides is 1. The van der Waals surface area contributed by atoms with Crippen molar-refractivity contribution in [1.29, 1.82) is 0 Å². The summed E-state index contributed by atoms with van der Waals surface area (Å²) in [4.78, 5) is 0.212. The van der Waals surface area contributed by atoms with Crippen molar-refractivity contribution < 1.29 is 13.2 Å². The first-order chi connectivity index (χ1) is 8.56. The quantitative estimate of drug-likeness (QED) is 0.705. The van der Waals surface area contributed by atoms with Crippen LogP contribution in [0, 0.1) is 0 Å². The molecule has 1 aromatic carbocycles. The fourth-order valence-corrected chi connectivity index (χ4v) is 2.43. The third kappa shape index (κ3) is 7.10. The van der Waals surface area contributed by atoms with Gasteiger partial charge in [0, 0.05) is 31.8 Å². The normalized spacial score (nSPS) is 11.1. The molecule has 0 unspecified atom stereocenters. The van der Waals surface area contributed by atoms with Crippen molar-refractivity contribution in [3.63, 3.8) is 0 Å². The molecule has 0 aromatic heterocycles. The lowest BCUT2D eigenvalue weighted by Gasteiger charge is -2.07. The Morgan fingerprint density at radius 1 is 1.16 bits per heavy atom. The second-order valence-corrected chi connectivity index (χ2v) is 5.80. The van der Waals surface area contributed by atoms with Gasteiger partial charge in [-0.2, -0.15) is 0 Å². The summed E-state index contributed by atoms with van der Waals surface area (Å²) >= 11 is 5.70. The summed E-state index contributed by atoms with van der Waals surface area (Å²) in [6.45, 7) is 2.17. The van der Waals surface area contributed by atoms with Gasteiger partial charge in [-0.25, -0.2) is 13.1 Å². The fourth-order valence-electron chi connectivity index (χ4n) is 1.27. The maximum Gasteiger partial charge on any atom is 0.240 e. The second-order valence-electron chi connectivity index (χ2n) is 3.59. The first-order valence-corrected chi connectivity index (χ1v) is 7.37. The molecule has 1 rings (SSSR count). The summed E-state index contributed by atoms with van der Waals surface area (Å²) in [5, 5.41) is 3.56. The minimum atomic E-state index is -3.45. The molecule has 2 N–H and O–H groups in total. The van der Waals surface area contributed by atoms with Gasteiger partial charge in [0.25, 0.3) is 0 Å². The molecule has 0 aliphatic heterocycles. The van der Waals surface area contributed by atoms with Crippen molar-refractivity contribution in [2.24, 2.45) is 0 Å². The van der Waals surface area contributed by atoms with Gasteiger partial charge in [-0.05, 0) is 24.3 Å². The Kier molecular flexibility index (Phi) is 9.34. The van der Waals surface area contributed by atoms with Gasteiger partial charge in [-0.1, -0.05) is 11.6 Å². The number of ether oxygens (including phenoxy) is 1. The molecule has 0 aliphatic rings. The molecule has 0 bridgehead atoms. The van der Waals surface area contributed by atoms with Crippen LogP contribution in [0.25, 0.3) is 0 Å². The minimum Gasteiger partial charge on any atom is -0.383 e. The molecule has 110 valence electrons. The van der Waals surface area contributed by atoms with E-state index in [2.05, 4.69) is 10.0 Å². The monoisotopic (exact) mass is 328 g/mol. The molecular formula is C11H18Cl2N2O3S. The van der Waals surface area contributed by atoms with Crippen molar-refractivity contribution in [2.45, 2.75) is 4.90 Å².